The topological polar surface area (TPSA) is 63.5 Å². The number of ether oxygens (including phenoxy) is 1. The Kier molecular flexibility index (Phi) is 11.6. The van der Waals surface area contributed by atoms with Crippen molar-refractivity contribution in [1.29, 1.82) is 0 Å². The third kappa shape index (κ3) is 8.08. The van der Waals surface area contributed by atoms with Gasteiger partial charge in [0.25, 0.3) is 0 Å². The number of hydrogen-bond acceptors (Lipinski definition) is 3. The maximum absolute atomic E-state index is 5.69. The zero-order valence-electron chi connectivity index (χ0n) is 17.5. The third-order valence-electron chi connectivity index (χ3n) is 4.20. The molecule has 0 fully saturated rings. The number of hydrogen-bond donors (Lipinski definition) is 2. The molecule has 1 aromatic heterocycles. The summed E-state index contributed by atoms with van der Waals surface area (Å²) in [5, 5.41) is 11.2. The number of halogens is 1. The number of benzene rings is 1. The third-order valence-corrected chi connectivity index (χ3v) is 4.20. The smallest absolute Gasteiger partial charge is 0.191 e. The highest BCUT2D eigenvalue weighted by atomic mass is 127. The molecule has 1 heterocycles. The molecule has 7 heteroatoms. The van der Waals surface area contributed by atoms with Crippen molar-refractivity contribution in [2.75, 3.05) is 26.2 Å². The number of nitrogens with zero attached hydrogens (tertiary/aromatic N) is 3. The number of rotatable bonds is 10. The molecule has 0 bridgehead atoms. The van der Waals surface area contributed by atoms with Gasteiger partial charge in [0.2, 0.25) is 0 Å². The largest absolute Gasteiger partial charge is 0.494 e. The molecular weight excluding hydrogens is 465 g/mol. The Bertz CT molecular complexity index is 729. The van der Waals surface area contributed by atoms with Crippen LogP contribution in [0.4, 0.5) is 0 Å². The van der Waals surface area contributed by atoms with Crippen molar-refractivity contribution in [3.8, 4) is 5.75 Å². The lowest BCUT2D eigenvalue weighted by molar-refractivity contribution is 0.336. The second-order valence-electron chi connectivity index (χ2n) is 6.48. The van der Waals surface area contributed by atoms with Crippen molar-refractivity contribution in [3.63, 3.8) is 0 Å². The van der Waals surface area contributed by atoms with Crippen LogP contribution >= 0.6 is 24.0 Å². The number of nitrogens with one attached hydrogen (secondary N) is 2. The van der Waals surface area contributed by atoms with Gasteiger partial charge in [-0.2, -0.15) is 5.10 Å². The second kappa shape index (κ2) is 13.4. The van der Waals surface area contributed by atoms with E-state index in [1.807, 2.05) is 26.0 Å². The number of aromatic nitrogens is 2. The van der Waals surface area contributed by atoms with Gasteiger partial charge in [0, 0.05) is 31.9 Å². The minimum atomic E-state index is 0. The zero-order valence-corrected chi connectivity index (χ0v) is 19.8. The molecule has 0 spiro atoms. The molecule has 0 aliphatic heterocycles. The molecule has 6 nitrogen and oxygen atoms in total. The molecule has 0 saturated carbocycles. The van der Waals surface area contributed by atoms with Gasteiger partial charge in [-0.25, -0.2) is 0 Å². The van der Waals surface area contributed by atoms with Gasteiger partial charge in [-0.1, -0.05) is 18.2 Å². The zero-order chi connectivity index (χ0) is 19.5. The van der Waals surface area contributed by atoms with Crippen LogP contribution in [0, 0.1) is 13.8 Å². The SMILES string of the molecule is CCNC(=NCCCn1nc(C)cc1C)NCCc1ccccc1OCC.I. The highest BCUT2D eigenvalue weighted by Crippen LogP contribution is 2.17. The Morgan fingerprint density at radius 1 is 1.18 bits per heavy atom. The van der Waals surface area contributed by atoms with Crippen molar-refractivity contribution >= 4 is 29.9 Å². The standard InChI is InChI=1S/C21H33N5O.HI/c1-5-22-21(23-13-9-15-26-18(4)16-17(3)25-26)24-14-12-19-10-7-8-11-20(19)27-6-2;/h7-8,10-11,16H,5-6,9,12-15H2,1-4H3,(H2,22,23,24);1H. The van der Waals surface area contributed by atoms with E-state index < -0.39 is 0 Å². The van der Waals surface area contributed by atoms with E-state index in [2.05, 4.69) is 57.5 Å². The molecule has 0 amide bonds. The lowest BCUT2D eigenvalue weighted by Crippen LogP contribution is -2.38. The minimum absolute atomic E-state index is 0. The van der Waals surface area contributed by atoms with E-state index in [1.165, 1.54) is 11.3 Å². The van der Waals surface area contributed by atoms with E-state index in [0.717, 1.165) is 56.4 Å². The molecule has 2 rings (SSSR count). The first kappa shape index (κ1) is 24.3. The Morgan fingerprint density at radius 2 is 1.96 bits per heavy atom. The van der Waals surface area contributed by atoms with Crippen molar-refractivity contribution in [2.45, 2.75) is 47.1 Å². The Labute approximate surface area is 186 Å². The number of aryl methyl sites for hydroxylation is 3. The molecule has 1 aromatic carbocycles. The fourth-order valence-corrected chi connectivity index (χ4v) is 2.98. The van der Waals surface area contributed by atoms with Crippen LogP contribution in [0.15, 0.2) is 35.3 Å². The monoisotopic (exact) mass is 499 g/mol. The maximum atomic E-state index is 5.69. The fourth-order valence-electron chi connectivity index (χ4n) is 2.98. The van der Waals surface area contributed by atoms with E-state index in [-0.39, 0.29) is 24.0 Å². The van der Waals surface area contributed by atoms with E-state index in [9.17, 15) is 0 Å². The second-order valence-corrected chi connectivity index (χ2v) is 6.48. The molecule has 28 heavy (non-hydrogen) atoms. The summed E-state index contributed by atoms with van der Waals surface area (Å²) in [5.41, 5.74) is 3.49. The van der Waals surface area contributed by atoms with Gasteiger partial charge in [0.05, 0.1) is 12.3 Å². The van der Waals surface area contributed by atoms with Crippen LogP contribution < -0.4 is 15.4 Å². The summed E-state index contributed by atoms with van der Waals surface area (Å²) in [4.78, 5) is 4.68. The van der Waals surface area contributed by atoms with E-state index in [0.29, 0.717) is 6.61 Å². The highest BCUT2D eigenvalue weighted by Gasteiger charge is 2.04. The molecule has 0 saturated heterocycles. The Morgan fingerprint density at radius 3 is 2.64 bits per heavy atom. The average Bonchev–Trinajstić information content (AvgIpc) is 2.97. The van der Waals surface area contributed by atoms with Crippen LogP contribution in [0.25, 0.3) is 0 Å². The Hall–Kier alpha value is -1.77. The van der Waals surface area contributed by atoms with Crippen molar-refractivity contribution in [2.24, 2.45) is 4.99 Å². The summed E-state index contributed by atoms with van der Waals surface area (Å²) < 4.78 is 7.74. The van der Waals surface area contributed by atoms with E-state index in [1.54, 1.807) is 0 Å². The molecule has 0 atom stereocenters. The van der Waals surface area contributed by atoms with Crippen LogP contribution in [-0.2, 0) is 13.0 Å². The highest BCUT2D eigenvalue weighted by molar-refractivity contribution is 14.0. The van der Waals surface area contributed by atoms with Gasteiger partial charge in [-0.15, -0.1) is 24.0 Å². The average molecular weight is 499 g/mol. The first-order valence-electron chi connectivity index (χ1n) is 9.88. The lowest BCUT2D eigenvalue weighted by atomic mass is 10.1. The molecular formula is C21H34IN5O. The lowest BCUT2D eigenvalue weighted by Gasteiger charge is -2.13. The van der Waals surface area contributed by atoms with Crippen molar-refractivity contribution < 1.29 is 4.74 Å². The van der Waals surface area contributed by atoms with Gasteiger partial charge in [-0.3, -0.25) is 9.67 Å². The molecule has 0 aliphatic carbocycles. The van der Waals surface area contributed by atoms with Crippen LogP contribution in [0.1, 0.15) is 37.2 Å². The van der Waals surface area contributed by atoms with Crippen LogP contribution in [0.2, 0.25) is 0 Å². The van der Waals surface area contributed by atoms with Gasteiger partial charge < -0.3 is 15.4 Å². The summed E-state index contributed by atoms with van der Waals surface area (Å²) >= 11 is 0. The Balaban J connectivity index is 0.00000392. The molecule has 0 aliphatic rings. The van der Waals surface area contributed by atoms with Gasteiger partial charge in [0.1, 0.15) is 5.75 Å². The number of guanidine groups is 1. The molecule has 0 radical (unpaired) electrons. The van der Waals surface area contributed by atoms with Gasteiger partial charge in [0.15, 0.2) is 5.96 Å². The van der Waals surface area contributed by atoms with Crippen LogP contribution in [0.3, 0.4) is 0 Å². The first-order valence-corrected chi connectivity index (χ1v) is 9.88. The fraction of sp³-hybridized carbons (Fsp3) is 0.524. The summed E-state index contributed by atoms with van der Waals surface area (Å²) in [5.74, 6) is 1.83. The summed E-state index contributed by atoms with van der Waals surface area (Å²) in [6, 6.07) is 10.3. The predicted octanol–water partition coefficient (Wildman–Crippen LogP) is 3.70. The molecule has 156 valence electrons. The normalized spacial score (nSPS) is 11.1. The van der Waals surface area contributed by atoms with Crippen LogP contribution in [0.5, 0.6) is 5.75 Å². The van der Waals surface area contributed by atoms with Crippen molar-refractivity contribution in [1.82, 2.24) is 20.4 Å². The van der Waals surface area contributed by atoms with E-state index in [4.69, 9.17) is 4.74 Å². The van der Waals surface area contributed by atoms with E-state index >= 15 is 0 Å². The molecule has 2 N–H and O–H groups in total. The first-order chi connectivity index (χ1) is 13.1. The quantitative estimate of drug-likeness (QED) is 0.227. The van der Waals surface area contributed by atoms with Gasteiger partial charge in [-0.05, 0) is 58.2 Å². The summed E-state index contributed by atoms with van der Waals surface area (Å²) in [6.07, 6.45) is 1.86. The number of para-hydroxylation sites is 1. The molecule has 0 unspecified atom stereocenters. The maximum Gasteiger partial charge on any atom is 0.191 e. The minimum Gasteiger partial charge on any atom is -0.494 e. The van der Waals surface area contributed by atoms with Gasteiger partial charge >= 0.3 is 0 Å². The number of aliphatic imine (C=N–C) groups is 1. The summed E-state index contributed by atoms with van der Waals surface area (Å²) in [6.45, 7) is 12.2. The van der Waals surface area contributed by atoms with Crippen molar-refractivity contribution in [3.05, 3.63) is 47.3 Å². The summed E-state index contributed by atoms with van der Waals surface area (Å²) in [7, 11) is 0. The predicted molar refractivity (Wildman–Crippen MR) is 127 cm³/mol. The van der Waals surface area contributed by atoms with Crippen LogP contribution in [-0.4, -0.2) is 42.0 Å². The molecule has 2 aromatic rings.